The first-order valence-corrected chi connectivity index (χ1v) is 3.93. The van der Waals surface area contributed by atoms with E-state index in [-0.39, 0.29) is 0 Å². The van der Waals surface area contributed by atoms with Crippen LogP contribution in [0.5, 0.6) is 5.75 Å². The van der Waals surface area contributed by atoms with Gasteiger partial charge in [-0.2, -0.15) is 0 Å². The van der Waals surface area contributed by atoms with Gasteiger partial charge in [-0.3, -0.25) is 4.98 Å². The molecule has 0 unspecified atom stereocenters. The van der Waals surface area contributed by atoms with Crippen molar-refractivity contribution in [3.63, 3.8) is 0 Å². The lowest BCUT2D eigenvalue weighted by Gasteiger charge is -2.31. The van der Waals surface area contributed by atoms with Gasteiger partial charge in [0.1, 0.15) is 5.75 Å². The van der Waals surface area contributed by atoms with Gasteiger partial charge in [-0.1, -0.05) is 0 Å². The highest BCUT2D eigenvalue weighted by atomic mass is 16.7. The van der Waals surface area contributed by atoms with Crippen LogP contribution < -0.4 is 4.74 Å². The van der Waals surface area contributed by atoms with Crippen LogP contribution in [0.2, 0.25) is 0 Å². The Bertz CT molecular complexity index is 296. The van der Waals surface area contributed by atoms with Crippen molar-refractivity contribution in [2.45, 2.75) is 26.2 Å². The summed E-state index contributed by atoms with van der Waals surface area (Å²) in [5.74, 6) is 0.310. The van der Waals surface area contributed by atoms with Gasteiger partial charge in [-0.25, -0.2) is 0 Å². The summed E-state index contributed by atoms with van der Waals surface area (Å²) in [5.41, 5.74) is 1.06. The third-order valence-electron chi connectivity index (χ3n) is 1.80. The lowest BCUT2D eigenvalue weighted by atomic mass is 10.2. The molecule has 3 heteroatoms. The number of pyridine rings is 1. The van der Waals surface area contributed by atoms with Crippen molar-refractivity contribution >= 4 is 0 Å². The van der Waals surface area contributed by atoms with E-state index in [1.165, 1.54) is 0 Å². The molecule has 64 valence electrons. The van der Waals surface area contributed by atoms with Crippen LogP contribution >= 0.6 is 0 Å². The molecule has 2 heterocycles. The zero-order valence-corrected chi connectivity index (χ0v) is 7.20. The van der Waals surface area contributed by atoms with Crippen molar-refractivity contribution in [2.24, 2.45) is 0 Å². The first kappa shape index (κ1) is 7.55. The zero-order valence-electron chi connectivity index (χ0n) is 7.20. The third-order valence-corrected chi connectivity index (χ3v) is 1.80. The molecule has 0 radical (unpaired) electrons. The summed E-state index contributed by atoms with van der Waals surface area (Å²) in [6.45, 7) is 4.39. The van der Waals surface area contributed by atoms with Gasteiger partial charge in [0.25, 0.3) is 0 Å². The van der Waals surface area contributed by atoms with Crippen LogP contribution in [0, 0.1) is 0 Å². The van der Waals surface area contributed by atoms with Crippen molar-refractivity contribution in [3.8, 4) is 5.75 Å². The molecule has 0 atom stereocenters. The number of rotatable bonds is 0. The lowest BCUT2D eigenvalue weighted by Crippen LogP contribution is -2.35. The summed E-state index contributed by atoms with van der Waals surface area (Å²) in [7, 11) is 0. The van der Waals surface area contributed by atoms with Gasteiger partial charge in [0.15, 0.2) is 0 Å². The summed E-state index contributed by atoms with van der Waals surface area (Å²) < 4.78 is 11.0. The molecule has 2 rings (SSSR count). The van der Waals surface area contributed by atoms with Crippen LogP contribution in [0.1, 0.15) is 19.4 Å². The predicted octanol–water partition coefficient (Wildman–Crippen LogP) is 1.73. The second-order valence-corrected chi connectivity index (χ2v) is 3.27. The van der Waals surface area contributed by atoms with E-state index in [1.807, 2.05) is 19.9 Å². The van der Waals surface area contributed by atoms with E-state index in [2.05, 4.69) is 4.98 Å². The average Bonchev–Trinajstić information content (AvgIpc) is 2.02. The SMILES string of the molecule is CC1(C)OCc2ccncc2O1. The number of hydrogen-bond acceptors (Lipinski definition) is 3. The van der Waals surface area contributed by atoms with E-state index in [0.717, 1.165) is 11.3 Å². The fraction of sp³-hybridized carbons (Fsp3) is 0.444. The van der Waals surface area contributed by atoms with Crippen LogP contribution in [0.4, 0.5) is 0 Å². The molecule has 0 aromatic carbocycles. The van der Waals surface area contributed by atoms with E-state index >= 15 is 0 Å². The summed E-state index contributed by atoms with van der Waals surface area (Å²) in [4.78, 5) is 3.98. The van der Waals surface area contributed by atoms with E-state index in [1.54, 1.807) is 12.4 Å². The molecule has 12 heavy (non-hydrogen) atoms. The van der Waals surface area contributed by atoms with Crippen molar-refractivity contribution in [2.75, 3.05) is 0 Å². The van der Waals surface area contributed by atoms with Gasteiger partial charge < -0.3 is 9.47 Å². The first-order chi connectivity index (χ1) is 5.67. The Labute approximate surface area is 71.3 Å². The van der Waals surface area contributed by atoms with Gasteiger partial charge in [-0.05, 0) is 6.07 Å². The molecule has 0 N–H and O–H groups in total. The molecule has 0 fully saturated rings. The highest BCUT2D eigenvalue weighted by Gasteiger charge is 2.26. The number of fused-ring (bicyclic) bond motifs is 1. The second kappa shape index (κ2) is 2.45. The highest BCUT2D eigenvalue weighted by molar-refractivity contribution is 5.30. The Balaban J connectivity index is 2.35. The number of hydrogen-bond donors (Lipinski definition) is 0. The van der Waals surface area contributed by atoms with Crippen LogP contribution in [-0.4, -0.2) is 10.8 Å². The maximum Gasteiger partial charge on any atom is 0.205 e. The Morgan fingerprint density at radius 2 is 2.33 bits per heavy atom. The fourth-order valence-electron chi connectivity index (χ4n) is 1.17. The Morgan fingerprint density at radius 3 is 3.17 bits per heavy atom. The minimum absolute atomic E-state index is 0.518. The van der Waals surface area contributed by atoms with E-state index in [0.29, 0.717) is 6.61 Å². The van der Waals surface area contributed by atoms with Crippen LogP contribution in [0.25, 0.3) is 0 Å². The summed E-state index contributed by atoms with van der Waals surface area (Å²) in [6, 6.07) is 1.91. The van der Waals surface area contributed by atoms with Gasteiger partial charge >= 0.3 is 0 Å². The molecule has 3 nitrogen and oxygen atoms in total. The minimum Gasteiger partial charge on any atom is -0.461 e. The second-order valence-electron chi connectivity index (χ2n) is 3.27. The molecule has 1 aliphatic heterocycles. The molecule has 1 aromatic heterocycles. The molecule has 1 aliphatic rings. The van der Waals surface area contributed by atoms with Gasteiger partial charge in [0.2, 0.25) is 5.79 Å². The number of ether oxygens (including phenoxy) is 2. The van der Waals surface area contributed by atoms with Gasteiger partial charge in [-0.15, -0.1) is 0 Å². The highest BCUT2D eigenvalue weighted by Crippen LogP contribution is 2.29. The van der Waals surface area contributed by atoms with Crippen LogP contribution in [-0.2, 0) is 11.3 Å². The smallest absolute Gasteiger partial charge is 0.205 e. The molecule has 0 saturated heterocycles. The largest absolute Gasteiger partial charge is 0.461 e. The monoisotopic (exact) mass is 165 g/mol. The number of aromatic nitrogens is 1. The molecule has 1 aromatic rings. The maximum absolute atomic E-state index is 5.53. The van der Waals surface area contributed by atoms with E-state index in [4.69, 9.17) is 9.47 Å². The molecule has 0 aliphatic carbocycles. The predicted molar refractivity (Wildman–Crippen MR) is 43.7 cm³/mol. The average molecular weight is 165 g/mol. The van der Waals surface area contributed by atoms with Crippen molar-refractivity contribution in [1.82, 2.24) is 4.98 Å². The zero-order chi connectivity index (χ0) is 8.60. The molecular weight excluding hydrogens is 154 g/mol. The fourth-order valence-corrected chi connectivity index (χ4v) is 1.17. The molecule has 0 spiro atoms. The molecule has 0 amide bonds. The molecule has 0 saturated carbocycles. The van der Waals surface area contributed by atoms with Crippen molar-refractivity contribution < 1.29 is 9.47 Å². The molecule has 0 bridgehead atoms. The third kappa shape index (κ3) is 1.28. The van der Waals surface area contributed by atoms with Crippen LogP contribution in [0.3, 0.4) is 0 Å². The quantitative estimate of drug-likeness (QED) is 0.586. The Morgan fingerprint density at radius 1 is 1.50 bits per heavy atom. The van der Waals surface area contributed by atoms with E-state index < -0.39 is 5.79 Å². The standard InChI is InChI=1S/C9H11NO2/c1-9(2)11-6-7-3-4-10-5-8(7)12-9/h3-5H,6H2,1-2H3. The lowest BCUT2D eigenvalue weighted by molar-refractivity contribution is -0.180. The van der Waals surface area contributed by atoms with Crippen LogP contribution in [0.15, 0.2) is 18.5 Å². The van der Waals surface area contributed by atoms with Gasteiger partial charge in [0, 0.05) is 25.6 Å². The Kier molecular flexibility index (Phi) is 1.54. The normalized spacial score (nSPS) is 19.5. The summed E-state index contributed by atoms with van der Waals surface area (Å²) >= 11 is 0. The Hall–Kier alpha value is -1.09. The topological polar surface area (TPSA) is 31.4 Å². The summed E-state index contributed by atoms with van der Waals surface area (Å²) in [6.07, 6.45) is 3.46. The van der Waals surface area contributed by atoms with Crippen molar-refractivity contribution in [1.29, 1.82) is 0 Å². The summed E-state index contributed by atoms with van der Waals surface area (Å²) in [5, 5.41) is 0. The maximum atomic E-state index is 5.53. The minimum atomic E-state index is -0.518. The van der Waals surface area contributed by atoms with E-state index in [9.17, 15) is 0 Å². The first-order valence-electron chi connectivity index (χ1n) is 3.93. The molecular formula is C9H11NO2. The number of nitrogens with zero attached hydrogens (tertiary/aromatic N) is 1. The van der Waals surface area contributed by atoms with Crippen molar-refractivity contribution in [3.05, 3.63) is 24.0 Å². The van der Waals surface area contributed by atoms with Gasteiger partial charge in [0.05, 0.1) is 12.8 Å².